The highest BCUT2D eigenvalue weighted by Crippen LogP contribution is 2.19. The molecule has 1 heterocycles. The summed E-state index contributed by atoms with van der Waals surface area (Å²) in [6.07, 6.45) is 1.24. The third-order valence-corrected chi connectivity index (χ3v) is 2.51. The van der Waals surface area contributed by atoms with E-state index in [0.717, 1.165) is 10.4 Å². The SMILES string of the molecule is COC(=O)c1cnn(-c2cc([N+](=O)[O-])ccc2C)n1. The maximum absolute atomic E-state index is 11.3. The molecule has 0 atom stereocenters. The number of aryl methyl sites for hydroxylation is 1. The number of ether oxygens (including phenoxy) is 1. The molecule has 8 heteroatoms. The molecule has 0 radical (unpaired) electrons. The Morgan fingerprint density at radius 3 is 2.84 bits per heavy atom. The van der Waals surface area contributed by atoms with Gasteiger partial charge in [-0.1, -0.05) is 6.07 Å². The fraction of sp³-hybridized carbons (Fsp3) is 0.182. The van der Waals surface area contributed by atoms with Crippen molar-refractivity contribution in [3.8, 4) is 5.69 Å². The van der Waals surface area contributed by atoms with Gasteiger partial charge in [-0.05, 0) is 12.5 Å². The summed E-state index contributed by atoms with van der Waals surface area (Å²) in [4.78, 5) is 22.7. The lowest BCUT2D eigenvalue weighted by Gasteiger charge is -2.03. The predicted octanol–water partition coefficient (Wildman–Crippen LogP) is 1.27. The number of benzene rings is 1. The topological polar surface area (TPSA) is 100 Å². The normalized spacial score (nSPS) is 10.2. The monoisotopic (exact) mass is 262 g/mol. The van der Waals surface area contributed by atoms with E-state index < -0.39 is 10.9 Å². The largest absolute Gasteiger partial charge is 0.464 e. The Kier molecular flexibility index (Phi) is 3.23. The van der Waals surface area contributed by atoms with E-state index in [2.05, 4.69) is 14.9 Å². The van der Waals surface area contributed by atoms with E-state index in [9.17, 15) is 14.9 Å². The highest BCUT2D eigenvalue weighted by atomic mass is 16.6. The van der Waals surface area contributed by atoms with E-state index in [0.29, 0.717) is 5.69 Å². The Morgan fingerprint density at radius 2 is 2.21 bits per heavy atom. The lowest BCUT2D eigenvalue weighted by molar-refractivity contribution is -0.384. The third-order valence-electron chi connectivity index (χ3n) is 2.51. The first-order valence-electron chi connectivity index (χ1n) is 5.29. The predicted molar refractivity (Wildman–Crippen MR) is 64.1 cm³/mol. The molecule has 98 valence electrons. The molecule has 8 nitrogen and oxygen atoms in total. The van der Waals surface area contributed by atoms with Gasteiger partial charge in [-0.3, -0.25) is 10.1 Å². The number of nitrogens with zero attached hydrogens (tertiary/aromatic N) is 4. The molecule has 19 heavy (non-hydrogen) atoms. The zero-order chi connectivity index (χ0) is 14.0. The average molecular weight is 262 g/mol. The molecule has 0 fully saturated rings. The first-order chi connectivity index (χ1) is 9.02. The van der Waals surface area contributed by atoms with Gasteiger partial charge in [-0.25, -0.2) is 4.79 Å². The molecule has 0 saturated carbocycles. The Bertz CT molecular complexity index is 650. The zero-order valence-electron chi connectivity index (χ0n) is 10.2. The Morgan fingerprint density at radius 1 is 1.47 bits per heavy atom. The second-order valence-corrected chi connectivity index (χ2v) is 3.74. The van der Waals surface area contributed by atoms with Gasteiger partial charge in [0.1, 0.15) is 0 Å². The van der Waals surface area contributed by atoms with Gasteiger partial charge in [0.2, 0.25) is 0 Å². The van der Waals surface area contributed by atoms with Gasteiger partial charge in [0.25, 0.3) is 5.69 Å². The van der Waals surface area contributed by atoms with Crippen LogP contribution in [0.4, 0.5) is 5.69 Å². The summed E-state index contributed by atoms with van der Waals surface area (Å²) in [5, 5.41) is 18.6. The van der Waals surface area contributed by atoms with Crippen molar-refractivity contribution in [1.82, 2.24) is 15.0 Å². The standard InChI is InChI=1S/C11H10N4O4/c1-7-3-4-8(15(17)18)5-10(7)14-12-6-9(13-14)11(16)19-2/h3-6H,1-2H3. The van der Waals surface area contributed by atoms with Gasteiger partial charge in [-0.15, -0.1) is 5.10 Å². The maximum atomic E-state index is 11.3. The lowest BCUT2D eigenvalue weighted by atomic mass is 10.2. The smallest absolute Gasteiger partial charge is 0.360 e. The molecule has 1 aromatic heterocycles. The highest BCUT2D eigenvalue weighted by Gasteiger charge is 2.15. The molecule has 0 bridgehead atoms. The number of nitro groups is 1. The number of non-ortho nitro benzene ring substituents is 1. The van der Waals surface area contributed by atoms with Crippen LogP contribution >= 0.6 is 0 Å². The van der Waals surface area contributed by atoms with Crippen LogP contribution in [-0.4, -0.2) is 33.0 Å². The average Bonchev–Trinajstić information content (AvgIpc) is 2.87. The molecular formula is C11H10N4O4. The fourth-order valence-corrected chi connectivity index (χ4v) is 1.50. The van der Waals surface area contributed by atoms with Crippen LogP contribution in [0.3, 0.4) is 0 Å². The van der Waals surface area contributed by atoms with Gasteiger partial charge in [-0.2, -0.15) is 9.90 Å². The quantitative estimate of drug-likeness (QED) is 0.469. The summed E-state index contributed by atoms with van der Waals surface area (Å²) in [6.45, 7) is 1.76. The Balaban J connectivity index is 2.46. The van der Waals surface area contributed by atoms with Crippen LogP contribution in [0.1, 0.15) is 16.1 Å². The van der Waals surface area contributed by atoms with E-state index in [1.165, 1.54) is 25.4 Å². The third kappa shape index (κ3) is 2.41. The van der Waals surface area contributed by atoms with E-state index >= 15 is 0 Å². The molecule has 0 aliphatic heterocycles. The summed E-state index contributed by atoms with van der Waals surface area (Å²) in [6, 6.07) is 4.33. The van der Waals surface area contributed by atoms with Crippen LogP contribution in [0.2, 0.25) is 0 Å². The summed E-state index contributed by atoms with van der Waals surface area (Å²) in [5.74, 6) is -0.616. The van der Waals surface area contributed by atoms with Crippen LogP contribution in [0.5, 0.6) is 0 Å². The van der Waals surface area contributed by atoms with E-state index in [-0.39, 0.29) is 11.4 Å². The van der Waals surface area contributed by atoms with Crippen LogP contribution in [-0.2, 0) is 4.74 Å². The molecule has 0 unspecified atom stereocenters. The van der Waals surface area contributed by atoms with Crippen molar-refractivity contribution in [3.63, 3.8) is 0 Å². The second-order valence-electron chi connectivity index (χ2n) is 3.74. The molecule has 0 spiro atoms. The van der Waals surface area contributed by atoms with Crippen molar-refractivity contribution in [2.45, 2.75) is 6.92 Å². The van der Waals surface area contributed by atoms with Crippen molar-refractivity contribution >= 4 is 11.7 Å². The Labute approximate surface area is 107 Å². The highest BCUT2D eigenvalue weighted by molar-refractivity contribution is 5.86. The van der Waals surface area contributed by atoms with Gasteiger partial charge in [0.15, 0.2) is 5.69 Å². The summed E-state index contributed by atoms with van der Waals surface area (Å²) in [7, 11) is 1.24. The van der Waals surface area contributed by atoms with Crippen LogP contribution in [0.25, 0.3) is 5.69 Å². The minimum Gasteiger partial charge on any atom is -0.464 e. The molecule has 0 N–H and O–H groups in total. The molecule has 2 rings (SSSR count). The lowest BCUT2D eigenvalue weighted by Crippen LogP contribution is -2.06. The number of rotatable bonds is 3. The van der Waals surface area contributed by atoms with E-state index in [1.54, 1.807) is 13.0 Å². The Hall–Kier alpha value is -2.77. The summed E-state index contributed by atoms with van der Waals surface area (Å²) in [5.41, 5.74) is 1.15. The molecule has 0 aliphatic carbocycles. The van der Waals surface area contributed by atoms with Crippen molar-refractivity contribution in [2.24, 2.45) is 0 Å². The van der Waals surface area contributed by atoms with Gasteiger partial charge in [0.05, 0.1) is 23.9 Å². The van der Waals surface area contributed by atoms with Gasteiger partial charge in [0, 0.05) is 12.1 Å². The van der Waals surface area contributed by atoms with Crippen LogP contribution in [0, 0.1) is 17.0 Å². The van der Waals surface area contributed by atoms with Crippen molar-refractivity contribution in [3.05, 3.63) is 45.8 Å². The van der Waals surface area contributed by atoms with E-state index in [1.807, 2.05) is 0 Å². The fourth-order valence-electron chi connectivity index (χ4n) is 1.50. The molecule has 0 aliphatic rings. The second kappa shape index (κ2) is 4.84. The summed E-state index contributed by atoms with van der Waals surface area (Å²) < 4.78 is 4.51. The van der Waals surface area contributed by atoms with Crippen molar-refractivity contribution in [1.29, 1.82) is 0 Å². The van der Waals surface area contributed by atoms with Crippen LogP contribution in [0.15, 0.2) is 24.4 Å². The maximum Gasteiger partial charge on any atom is 0.360 e. The van der Waals surface area contributed by atoms with Gasteiger partial charge >= 0.3 is 5.97 Å². The number of nitro benzene ring substituents is 1. The number of carbonyl (C=O) groups excluding carboxylic acids is 1. The minimum atomic E-state index is -0.616. The number of hydrogen-bond donors (Lipinski definition) is 0. The molecular weight excluding hydrogens is 252 g/mol. The number of carbonyl (C=O) groups is 1. The van der Waals surface area contributed by atoms with Crippen molar-refractivity contribution < 1.29 is 14.5 Å². The molecule has 1 aromatic carbocycles. The van der Waals surface area contributed by atoms with E-state index in [4.69, 9.17) is 0 Å². The van der Waals surface area contributed by atoms with Crippen molar-refractivity contribution in [2.75, 3.05) is 7.11 Å². The minimum absolute atomic E-state index is 0.0356. The molecule has 0 saturated heterocycles. The number of aromatic nitrogens is 3. The van der Waals surface area contributed by atoms with Crippen LogP contribution < -0.4 is 0 Å². The molecule has 2 aromatic rings. The van der Waals surface area contributed by atoms with Gasteiger partial charge < -0.3 is 4.74 Å². The first kappa shape index (κ1) is 12.7. The molecule has 0 amide bonds. The number of methoxy groups -OCH3 is 1. The number of hydrogen-bond acceptors (Lipinski definition) is 6. The number of esters is 1. The summed E-state index contributed by atoms with van der Waals surface area (Å²) >= 11 is 0. The first-order valence-corrected chi connectivity index (χ1v) is 5.29. The zero-order valence-corrected chi connectivity index (χ0v) is 10.2.